The average Bonchev–Trinajstić information content (AvgIpc) is 3.30. The van der Waals surface area contributed by atoms with Crippen LogP contribution < -0.4 is 0 Å². The summed E-state index contributed by atoms with van der Waals surface area (Å²) in [6, 6.07) is 13.1. The summed E-state index contributed by atoms with van der Waals surface area (Å²) in [5, 5.41) is 3.09. The molecular weight excluding hydrogens is 324 g/mol. The third-order valence-electron chi connectivity index (χ3n) is 5.00. The van der Waals surface area contributed by atoms with Gasteiger partial charge in [-0.15, -0.1) is 11.3 Å². The maximum absolute atomic E-state index is 6.05. The highest BCUT2D eigenvalue weighted by Crippen LogP contribution is 2.49. The number of halogens is 1. The molecule has 116 valence electrons. The van der Waals surface area contributed by atoms with E-state index < -0.39 is 0 Å². The lowest BCUT2D eigenvalue weighted by atomic mass is 10.1. The van der Waals surface area contributed by atoms with Gasteiger partial charge in [-0.1, -0.05) is 23.7 Å². The Morgan fingerprint density at radius 1 is 1.04 bits per heavy atom. The number of likely N-dealkylation sites (tertiary alicyclic amines) is 1. The lowest BCUT2D eigenvalue weighted by molar-refractivity contribution is 0.285. The van der Waals surface area contributed by atoms with Crippen LogP contribution in [0.1, 0.15) is 29.5 Å². The molecule has 1 unspecified atom stereocenters. The summed E-state index contributed by atoms with van der Waals surface area (Å²) in [6.45, 7) is 2.42. The molecule has 2 aliphatic rings. The Morgan fingerprint density at radius 2 is 1.83 bits per heavy atom. The summed E-state index contributed by atoms with van der Waals surface area (Å²) in [7, 11) is 0. The maximum Gasteiger partial charge on any atom is 0.0874 e. The van der Waals surface area contributed by atoms with Crippen LogP contribution in [0.5, 0.6) is 0 Å². The van der Waals surface area contributed by atoms with Crippen LogP contribution in [0.4, 0.5) is 0 Å². The summed E-state index contributed by atoms with van der Waals surface area (Å²) >= 11 is 7.95. The van der Waals surface area contributed by atoms with E-state index in [0.29, 0.717) is 6.04 Å². The van der Waals surface area contributed by atoms with Crippen LogP contribution in [0, 0.1) is 0 Å². The van der Waals surface area contributed by atoms with Crippen molar-refractivity contribution in [3.63, 3.8) is 0 Å². The molecule has 4 heterocycles. The Kier molecular flexibility index (Phi) is 3.15. The van der Waals surface area contributed by atoms with Gasteiger partial charge < -0.3 is 4.57 Å². The number of aromatic nitrogens is 1. The summed E-state index contributed by atoms with van der Waals surface area (Å²) in [4.78, 5) is 4.13. The molecule has 0 amide bonds. The molecule has 0 spiro atoms. The van der Waals surface area contributed by atoms with E-state index in [4.69, 9.17) is 11.6 Å². The van der Waals surface area contributed by atoms with E-state index in [0.717, 1.165) is 5.02 Å². The molecule has 2 aliphatic heterocycles. The van der Waals surface area contributed by atoms with Gasteiger partial charge in [0.25, 0.3) is 0 Å². The van der Waals surface area contributed by atoms with Crippen LogP contribution in [0.15, 0.2) is 48.0 Å². The van der Waals surface area contributed by atoms with Gasteiger partial charge in [0.05, 0.1) is 16.6 Å². The second-order valence-electron chi connectivity index (χ2n) is 6.32. The van der Waals surface area contributed by atoms with E-state index >= 15 is 0 Å². The van der Waals surface area contributed by atoms with Gasteiger partial charge in [0.1, 0.15) is 0 Å². The molecule has 0 N–H and O–H groups in total. The average molecular weight is 341 g/mol. The first kappa shape index (κ1) is 13.8. The number of thiophene rings is 1. The van der Waals surface area contributed by atoms with Gasteiger partial charge in [0, 0.05) is 27.9 Å². The van der Waals surface area contributed by atoms with Crippen LogP contribution in [0.25, 0.3) is 16.8 Å². The van der Waals surface area contributed by atoms with E-state index in [-0.39, 0.29) is 0 Å². The molecule has 5 rings (SSSR count). The summed E-state index contributed by atoms with van der Waals surface area (Å²) in [5.74, 6) is 0. The van der Waals surface area contributed by atoms with Crippen molar-refractivity contribution in [1.29, 1.82) is 0 Å². The van der Waals surface area contributed by atoms with Crippen molar-refractivity contribution in [1.82, 2.24) is 9.47 Å². The summed E-state index contributed by atoms with van der Waals surface area (Å²) in [5.41, 5.74) is 5.35. The van der Waals surface area contributed by atoms with Crippen LogP contribution >= 0.6 is 22.9 Å². The van der Waals surface area contributed by atoms with Gasteiger partial charge in [-0.3, -0.25) is 4.90 Å². The van der Waals surface area contributed by atoms with E-state index in [1.807, 2.05) is 23.5 Å². The van der Waals surface area contributed by atoms with Gasteiger partial charge >= 0.3 is 0 Å². The van der Waals surface area contributed by atoms with Crippen molar-refractivity contribution in [2.24, 2.45) is 0 Å². The highest BCUT2D eigenvalue weighted by atomic mass is 35.5. The number of benzene rings is 1. The maximum atomic E-state index is 6.05. The molecule has 1 aromatic carbocycles. The van der Waals surface area contributed by atoms with E-state index in [9.17, 15) is 0 Å². The molecule has 2 aromatic heterocycles. The summed E-state index contributed by atoms with van der Waals surface area (Å²) < 4.78 is 2.39. The molecule has 4 heteroatoms. The molecule has 0 aliphatic carbocycles. The van der Waals surface area contributed by atoms with Gasteiger partial charge in [0.15, 0.2) is 0 Å². The van der Waals surface area contributed by atoms with Crippen LogP contribution in [-0.4, -0.2) is 22.6 Å². The first-order valence-electron chi connectivity index (χ1n) is 8.12. The van der Waals surface area contributed by atoms with Crippen molar-refractivity contribution in [2.75, 3.05) is 13.1 Å². The highest BCUT2D eigenvalue weighted by Gasteiger charge is 2.37. The molecule has 0 radical (unpaired) electrons. The molecule has 2 nitrogen and oxygen atoms in total. The lowest BCUT2D eigenvalue weighted by Gasteiger charge is -2.22. The number of nitrogens with zero attached hydrogens (tertiary/aromatic N) is 2. The number of fused-ring (bicyclic) bond motifs is 3. The topological polar surface area (TPSA) is 8.17 Å². The molecule has 23 heavy (non-hydrogen) atoms. The predicted octanol–water partition coefficient (Wildman–Crippen LogP) is 5.36. The minimum absolute atomic E-state index is 0.438. The zero-order valence-corrected chi connectivity index (χ0v) is 14.3. The fourth-order valence-corrected chi connectivity index (χ4v) is 5.29. The van der Waals surface area contributed by atoms with Crippen molar-refractivity contribution in [3.8, 4) is 16.8 Å². The summed E-state index contributed by atoms with van der Waals surface area (Å²) in [6.07, 6.45) is 4.85. The van der Waals surface area contributed by atoms with Crippen LogP contribution in [0.2, 0.25) is 5.02 Å². The van der Waals surface area contributed by atoms with Crippen molar-refractivity contribution < 1.29 is 0 Å². The third-order valence-corrected chi connectivity index (χ3v) is 6.28. The van der Waals surface area contributed by atoms with Gasteiger partial charge in [0.2, 0.25) is 0 Å². The van der Waals surface area contributed by atoms with Crippen molar-refractivity contribution >= 4 is 22.9 Å². The molecule has 3 aromatic rings. The second kappa shape index (κ2) is 5.23. The highest BCUT2D eigenvalue weighted by molar-refractivity contribution is 7.11. The largest absolute Gasteiger partial charge is 0.317 e. The Morgan fingerprint density at radius 3 is 2.61 bits per heavy atom. The van der Waals surface area contributed by atoms with E-state index in [2.05, 4.69) is 45.3 Å². The zero-order valence-electron chi connectivity index (χ0n) is 12.7. The smallest absolute Gasteiger partial charge is 0.0874 e. The Balaban J connectivity index is 1.67. The zero-order chi connectivity index (χ0) is 15.4. The fourth-order valence-electron chi connectivity index (χ4n) is 3.95. The van der Waals surface area contributed by atoms with Crippen LogP contribution in [-0.2, 0) is 0 Å². The van der Waals surface area contributed by atoms with E-state index in [1.54, 1.807) is 0 Å². The SMILES string of the molecule is Clc1ccc(-c2csc3c2-n2cccc2C3N2CCCC2)cc1. The van der Waals surface area contributed by atoms with Crippen LogP contribution in [0.3, 0.4) is 0 Å². The van der Waals surface area contributed by atoms with Gasteiger partial charge in [-0.25, -0.2) is 0 Å². The first-order chi connectivity index (χ1) is 11.3. The van der Waals surface area contributed by atoms with Gasteiger partial charge in [-0.05, 0) is 55.8 Å². The Hall–Kier alpha value is -1.55. The lowest BCUT2D eigenvalue weighted by Crippen LogP contribution is -2.24. The normalized spacial score (nSPS) is 20.0. The van der Waals surface area contributed by atoms with Crippen molar-refractivity contribution in [2.45, 2.75) is 18.9 Å². The standard InChI is InChI=1S/C19H17ClN2S/c20-14-7-5-13(6-8-14)15-12-23-19-17(15)22-11-3-4-16(22)18(19)21-9-1-2-10-21/h3-8,11-12,18H,1-2,9-10H2. The first-order valence-corrected chi connectivity index (χ1v) is 9.38. The molecule has 0 bridgehead atoms. The number of hydrogen-bond donors (Lipinski definition) is 0. The minimum atomic E-state index is 0.438. The van der Waals surface area contributed by atoms with Crippen molar-refractivity contribution in [3.05, 3.63) is 63.6 Å². The predicted molar refractivity (Wildman–Crippen MR) is 96.7 cm³/mol. The molecule has 0 saturated carbocycles. The minimum Gasteiger partial charge on any atom is -0.317 e. The molecule has 1 atom stereocenters. The number of hydrogen-bond acceptors (Lipinski definition) is 2. The Labute approximate surface area is 144 Å². The Bertz CT molecular complexity index is 856. The monoisotopic (exact) mass is 340 g/mol. The molecule has 1 saturated heterocycles. The van der Waals surface area contributed by atoms with Gasteiger partial charge in [-0.2, -0.15) is 0 Å². The van der Waals surface area contributed by atoms with E-state index in [1.165, 1.54) is 53.3 Å². The quantitative estimate of drug-likeness (QED) is 0.609. The number of rotatable bonds is 2. The third kappa shape index (κ3) is 2.04. The fraction of sp³-hybridized carbons (Fsp3) is 0.263. The molecular formula is C19H17ClN2S. The second-order valence-corrected chi connectivity index (χ2v) is 7.67. The molecule has 1 fully saturated rings.